The summed E-state index contributed by atoms with van der Waals surface area (Å²) in [6.45, 7) is 6.03. The monoisotopic (exact) mass is 336 g/mol. The van der Waals surface area contributed by atoms with Gasteiger partial charge >= 0.3 is 6.03 Å². The number of nitrogens with zero attached hydrogens (tertiary/aromatic N) is 3. The molecule has 8 heteroatoms. The molecule has 3 heterocycles. The summed E-state index contributed by atoms with van der Waals surface area (Å²) in [5, 5.41) is 2.84. The van der Waals surface area contributed by atoms with E-state index in [0.29, 0.717) is 65.6 Å². The minimum atomic E-state index is -0.0284. The summed E-state index contributed by atoms with van der Waals surface area (Å²) in [6, 6.07) is 3.71. The number of furan rings is 1. The number of morpholine rings is 1. The molecular weight excluding hydrogens is 312 g/mol. The van der Waals surface area contributed by atoms with E-state index in [4.69, 9.17) is 9.15 Å². The molecule has 1 aromatic heterocycles. The second-order valence-electron chi connectivity index (χ2n) is 6.00. The van der Waals surface area contributed by atoms with E-state index in [1.165, 1.54) is 0 Å². The third-order valence-electron chi connectivity index (χ3n) is 4.33. The molecule has 1 N–H and O–H groups in total. The van der Waals surface area contributed by atoms with Gasteiger partial charge in [-0.15, -0.1) is 0 Å². The topological polar surface area (TPSA) is 78.3 Å². The van der Waals surface area contributed by atoms with E-state index in [-0.39, 0.29) is 11.9 Å². The number of amides is 3. The van der Waals surface area contributed by atoms with Crippen LogP contribution in [0.25, 0.3) is 0 Å². The largest absolute Gasteiger partial charge is 0.467 e. The molecule has 0 unspecified atom stereocenters. The average Bonchev–Trinajstić information content (AvgIpc) is 3.14. The SMILES string of the molecule is O=C(CN1CCN(C(=O)N2CCOCC2)CC1)NCc1ccco1. The van der Waals surface area contributed by atoms with Crippen LogP contribution in [0, 0.1) is 0 Å². The van der Waals surface area contributed by atoms with Crippen molar-refractivity contribution in [2.45, 2.75) is 6.54 Å². The van der Waals surface area contributed by atoms with E-state index in [1.807, 2.05) is 15.9 Å². The molecule has 0 atom stereocenters. The maximum absolute atomic E-state index is 12.4. The Hall–Kier alpha value is -2.06. The maximum atomic E-state index is 12.4. The predicted octanol–water partition coefficient (Wildman–Crippen LogP) is -0.0344. The van der Waals surface area contributed by atoms with Gasteiger partial charge in [-0.25, -0.2) is 4.79 Å². The number of ether oxygens (including phenoxy) is 1. The van der Waals surface area contributed by atoms with Gasteiger partial charge in [0.2, 0.25) is 5.91 Å². The summed E-state index contributed by atoms with van der Waals surface area (Å²) >= 11 is 0. The molecule has 2 aliphatic heterocycles. The molecule has 24 heavy (non-hydrogen) atoms. The van der Waals surface area contributed by atoms with Crippen LogP contribution in [0.4, 0.5) is 4.79 Å². The van der Waals surface area contributed by atoms with Gasteiger partial charge in [0.05, 0.1) is 32.6 Å². The van der Waals surface area contributed by atoms with Gasteiger partial charge in [-0.3, -0.25) is 9.69 Å². The highest BCUT2D eigenvalue weighted by molar-refractivity contribution is 5.78. The van der Waals surface area contributed by atoms with Crippen molar-refractivity contribution in [2.75, 3.05) is 59.0 Å². The van der Waals surface area contributed by atoms with E-state index >= 15 is 0 Å². The first-order valence-corrected chi connectivity index (χ1v) is 8.35. The van der Waals surface area contributed by atoms with Crippen molar-refractivity contribution >= 4 is 11.9 Å². The van der Waals surface area contributed by atoms with E-state index in [0.717, 1.165) is 5.76 Å². The van der Waals surface area contributed by atoms with Gasteiger partial charge in [0.15, 0.2) is 0 Å². The van der Waals surface area contributed by atoms with Crippen LogP contribution in [0.1, 0.15) is 5.76 Å². The number of hydrogen-bond donors (Lipinski definition) is 1. The zero-order chi connectivity index (χ0) is 16.8. The lowest BCUT2D eigenvalue weighted by Gasteiger charge is -2.38. The van der Waals surface area contributed by atoms with Gasteiger partial charge in [0.25, 0.3) is 0 Å². The fourth-order valence-electron chi connectivity index (χ4n) is 2.91. The Kier molecular flexibility index (Phi) is 5.71. The Morgan fingerprint density at radius 1 is 1.04 bits per heavy atom. The molecule has 0 saturated carbocycles. The fraction of sp³-hybridized carbons (Fsp3) is 0.625. The summed E-state index contributed by atoms with van der Waals surface area (Å²) in [6.07, 6.45) is 1.59. The second kappa shape index (κ2) is 8.16. The molecule has 1 aromatic rings. The lowest BCUT2D eigenvalue weighted by Crippen LogP contribution is -2.55. The zero-order valence-corrected chi connectivity index (χ0v) is 13.8. The van der Waals surface area contributed by atoms with E-state index in [2.05, 4.69) is 10.2 Å². The summed E-state index contributed by atoms with van der Waals surface area (Å²) in [7, 11) is 0. The molecule has 132 valence electrons. The molecule has 3 amide bonds. The highest BCUT2D eigenvalue weighted by atomic mass is 16.5. The van der Waals surface area contributed by atoms with Crippen LogP contribution < -0.4 is 5.32 Å². The number of piperazine rings is 1. The Morgan fingerprint density at radius 3 is 2.42 bits per heavy atom. The van der Waals surface area contributed by atoms with Gasteiger partial charge in [0, 0.05) is 39.3 Å². The number of nitrogens with one attached hydrogen (secondary N) is 1. The first-order valence-electron chi connectivity index (χ1n) is 8.35. The Bertz CT molecular complexity index is 534. The van der Waals surface area contributed by atoms with Crippen LogP contribution in [-0.2, 0) is 16.1 Å². The van der Waals surface area contributed by atoms with Crippen LogP contribution in [0.5, 0.6) is 0 Å². The maximum Gasteiger partial charge on any atom is 0.320 e. The minimum Gasteiger partial charge on any atom is -0.467 e. The molecule has 2 aliphatic rings. The van der Waals surface area contributed by atoms with Crippen molar-refractivity contribution in [1.29, 1.82) is 0 Å². The number of rotatable bonds is 4. The Balaban J connectivity index is 1.36. The standard InChI is InChI=1S/C16H24N4O4/c21-15(17-12-14-2-1-9-24-14)13-18-3-5-19(6-4-18)16(22)20-7-10-23-11-8-20/h1-2,9H,3-8,10-13H2,(H,17,21). The highest BCUT2D eigenvalue weighted by Gasteiger charge is 2.26. The minimum absolute atomic E-state index is 0.0284. The highest BCUT2D eigenvalue weighted by Crippen LogP contribution is 2.08. The molecule has 0 bridgehead atoms. The van der Waals surface area contributed by atoms with Crippen LogP contribution in [0.15, 0.2) is 22.8 Å². The average molecular weight is 336 g/mol. The third-order valence-corrected chi connectivity index (χ3v) is 4.33. The van der Waals surface area contributed by atoms with Crippen LogP contribution in [-0.4, -0.2) is 85.7 Å². The van der Waals surface area contributed by atoms with Gasteiger partial charge in [-0.2, -0.15) is 0 Å². The molecule has 0 spiro atoms. The van der Waals surface area contributed by atoms with E-state index in [1.54, 1.807) is 12.3 Å². The number of hydrogen-bond acceptors (Lipinski definition) is 5. The van der Waals surface area contributed by atoms with Crippen molar-refractivity contribution in [1.82, 2.24) is 20.0 Å². The van der Waals surface area contributed by atoms with Crippen LogP contribution >= 0.6 is 0 Å². The van der Waals surface area contributed by atoms with E-state index in [9.17, 15) is 9.59 Å². The van der Waals surface area contributed by atoms with E-state index < -0.39 is 0 Å². The summed E-state index contributed by atoms with van der Waals surface area (Å²) in [5.41, 5.74) is 0. The summed E-state index contributed by atoms with van der Waals surface area (Å²) in [5.74, 6) is 0.712. The van der Waals surface area contributed by atoms with Gasteiger partial charge in [-0.1, -0.05) is 0 Å². The summed E-state index contributed by atoms with van der Waals surface area (Å²) < 4.78 is 10.5. The molecule has 2 saturated heterocycles. The van der Waals surface area contributed by atoms with Crippen molar-refractivity contribution in [3.05, 3.63) is 24.2 Å². The molecule has 8 nitrogen and oxygen atoms in total. The van der Waals surface area contributed by atoms with Gasteiger partial charge in [-0.05, 0) is 12.1 Å². The van der Waals surface area contributed by atoms with Crippen molar-refractivity contribution in [2.24, 2.45) is 0 Å². The molecule has 3 rings (SSSR count). The zero-order valence-electron chi connectivity index (χ0n) is 13.8. The van der Waals surface area contributed by atoms with Crippen molar-refractivity contribution in [3.63, 3.8) is 0 Å². The third kappa shape index (κ3) is 4.48. The fourth-order valence-corrected chi connectivity index (χ4v) is 2.91. The molecule has 0 radical (unpaired) electrons. The number of carbonyl (C=O) groups excluding carboxylic acids is 2. The normalized spacial score (nSPS) is 19.3. The van der Waals surface area contributed by atoms with Crippen molar-refractivity contribution < 1.29 is 18.7 Å². The summed E-state index contributed by atoms with van der Waals surface area (Å²) in [4.78, 5) is 30.2. The number of carbonyl (C=O) groups is 2. The molecule has 0 aromatic carbocycles. The molecular formula is C16H24N4O4. The molecule has 0 aliphatic carbocycles. The predicted molar refractivity (Wildman–Crippen MR) is 86.4 cm³/mol. The first-order chi connectivity index (χ1) is 11.7. The Morgan fingerprint density at radius 2 is 1.75 bits per heavy atom. The second-order valence-corrected chi connectivity index (χ2v) is 6.00. The van der Waals surface area contributed by atoms with Crippen LogP contribution in [0.3, 0.4) is 0 Å². The van der Waals surface area contributed by atoms with Gasteiger partial charge in [0.1, 0.15) is 5.76 Å². The van der Waals surface area contributed by atoms with Gasteiger partial charge < -0.3 is 24.3 Å². The first kappa shape index (κ1) is 16.8. The Labute approximate surface area is 141 Å². The van der Waals surface area contributed by atoms with Crippen molar-refractivity contribution in [3.8, 4) is 0 Å². The smallest absolute Gasteiger partial charge is 0.320 e. The lowest BCUT2D eigenvalue weighted by molar-refractivity contribution is -0.122. The van der Waals surface area contributed by atoms with Crippen LogP contribution in [0.2, 0.25) is 0 Å². The lowest BCUT2D eigenvalue weighted by atomic mass is 10.3. The number of urea groups is 1. The molecule has 2 fully saturated rings. The quantitative estimate of drug-likeness (QED) is 0.835.